The number of piperidine rings is 1. The number of hydrogen-bond donors (Lipinski definition) is 2. The number of rotatable bonds is 5. The van der Waals surface area contributed by atoms with Gasteiger partial charge >= 0.3 is 0 Å². The number of pyridine rings is 1. The Kier molecular flexibility index (Phi) is 4.98. The number of nitrogens with zero attached hydrogens (tertiary/aromatic N) is 3. The van der Waals surface area contributed by atoms with Gasteiger partial charge in [0.05, 0.1) is 0 Å². The van der Waals surface area contributed by atoms with Gasteiger partial charge < -0.3 is 10.6 Å². The van der Waals surface area contributed by atoms with E-state index in [1.54, 1.807) is 18.6 Å². The van der Waals surface area contributed by atoms with Gasteiger partial charge in [-0.3, -0.25) is 14.5 Å². The number of aromatic nitrogens is 3. The molecule has 27 heavy (non-hydrogen) atoms. The van der Waals surface area contributed by atoms with E-state index in [0.717, 1.165) is 42.6 Å². The minimum atomic E-state index is -0.605. The van der Waals surface area contributed by atoms with Crippen LogP contribution in [0.3, 0.4) is 0 Å². The van der Waals surface area contributed by atoms with Crippen molar-refractivity contribution in [3.63, 3.8) is 0 Å². The van der Waals surface area contributed by atoms with Crippen LogP contribution in [-0.4, -0.2) is 33.8 Å². The predicted octanol–water partition coefficient (Wildman–Crippen LogP) is 2.34. The lowest BCUT2D eigenvalue weighted by molar-refractivity contribution is -0.132. The fourth-order valence-corrected chi connectivity index (χ4v) is 3.63. The van der Waals surface area contributed by atoms with Crippen molar-refractivity contribution in [1.82, 2.24) is 25.4 Å². The van der Waals surface area contributed by atoms with Gasteiger partial charge in [0, 0.05) is 31.3 Å². The molecule has 3 aromatic rings. The van der Waals surface area contributed by atoms with E-state index in [1.807, 2.05) is 29.1 Å². The summed E-state index contributed by atoms with van der Waals surface area (Å²) in [5, 5.41) is 10.8. The summed E-state index contributed by atoms with van der Waals surface area (Å²) < 4.78 is 1.82. The summed E-state index contributed by atoms with van der Waals surface area (Å²) in [4.78, 5) is 17.1. The number of hydrogen-bond acceptors (Lipinski definition) is 4. The molecule has 2 N–H and O–H groups in total. The van der Waals surface area contributed by atoms with Crippen LogP contribution in [0.4, 0.5) is 0 Å². The van der Waals surface area contributed by atoms with Crippen molar-refractivity contribution in [1.29, 1.82) is 0 Å². The third-order valence-electron chi connectivity index (χ3n) is 5.22. The van der Waals surface area contributed by atoms with E-state index in [1.165, 1.54) is 0 Å². The minimum Gasteiger partial charge on any atom is -0.350 e. The monoisotopic (exact) mass is 361 g/mol. The summed E-state index contributed by atoms with van der Waals surface area (Å²) in [5.41, 5.74) is 2.74. The standard InChI is InChI=1S/C21H23N5O/c27-20(21(8-13-23-14-9-21)26-15-1-10-25-26)24-16-17-2-4-18(5-3-17)19-6-11-22-12-7-19/h1-7,10-12,15,23H,8-9,13-14,16H2,(H,24,27). The third-order valence-corrected chi connectivity index (χ3v) is 5.22. The number of carbonyl (C=O) groups is 1. The first-order chi connectivity index (χ1) is 13.3. The number of carbonyl (C=O) groups excluding carboxylic acids is 1. The average Bonchev–Trinajstić information content (AvgIpc) is 3.29. The van der Waals surface area contributed by atoms with Crippen molar-refractivity contribution in [3.8, 4) is 11.1 Å². The van der Waals surface area contributed by atoms with Crippen LogP contribution in [0.25, 0.3) is 11.1 Å². The molecule has 138 valence electrons. The molecule has 1 saturated heterocycles. The van der Waals surface area contributed by atoms with Gasteiger partial charge in [-0.15, -0.1) is 0 Å². The van der Waals surface area contributed by atoms with Gasteiger partial charge in [-0.1, -0.05) is 24.3 Å². The third kappa shape index (κ3) is 3.61. The highest BCUT2D eigenvalue weighted by Crippen LogP contribution is 2.27. The molecule has 0 radical (unpaired) electrons. The lowest BCUT2D eigenvalue weighted by Gasteiger charge is -2.36. The second-order valence-corrected chi connectivity index (χ2v) is 6.85. The van der Waals surface area contributed by atoms with E-state index in [0.29, 0.717) is 6.54 Å². The van der Waals surface area contributed by atoms with Crippen molar-refractivity contribution in [2.45, 2.75) is 24.9 Å². The molecule has 1 fully saturated rings. The molecule has 4 rings (SSSR count). The van der Waals surface area contributed by atoms with Crippen molar-refractivity contribution in [3.05, 3.63) is 72.8 Å². The Bertz CT molecular complexity index is 869. The highest BCUT2D eigenvalue weighted by atomic mass is 16.2. The molecule has 0 atom stereocenters. The second kappa shape index (κ2) is 7.72. The van der Waals surface area contributed by atoms with Crippen molar-refractivity contribution in [2.75, 3.05) is 13.1 Å². The molecule has 2 aromatic heterocycles. The summed E-state index contributed by atoms with van der Waals surface area (Å²) in [6.45, 7) is 2.13. The van der Waals surface area contributed by atoms with E-state index in [4.69, 9.17) is 0 Å². The Labute approximate surface area is 158 Å². The van der Waals surface area contributed by atoms with Gasteiger partial charge in [0.15, 0.2) is 0 Å². The highest BCUT2D eigenvalue weighted by Gasteiger charge is 2.41. The second-order valence-electron chi connectivity index (χ2n) is 6.85. The summed E-state index contributed by atoms with van der Waals surface area (Å²) in [6, 6.07) is 14.1. The largest absolute Gasteiger partial charge is 0.350 e. The maximum atomic E-state index is 13.1. The molecular weight excluding hydrogens is 338 g/mol. The van der Waals surface area contributed by atoms with Crippen LogP contribution in [0.15, 0.2) is 67.3 Å². The van der Waals surface area contributed by atoms with Crippen LogP contribution in [0, 0.1) is 0 Å². The van der Waals surface area contributed by atoms with Crippen molar-refractivity contribution in [2.24, 2.45) is 0 Å². The van der Waals surface area contributed by atoms with Gasteiger partial charge in [0.2, 0.25) is 5.91 Å². The normalized spacial score (nSPS) is 16.0. The fourth-order valence-electron chi connectivity index (χ4n) is 3.63. The summed E-state index contributed by atoms with van der Waals surface area (Å²) in [6.07, 6.45) is 8.67. The summed E-state index contributed by atoms with van der Waals surface area (Å²) >= 11 is 0. The average molecular weight is 361 g/mol. The van der Waals surface area contributed by atoms with Crippen molar-refractivity contribution < 1.29 is 4.79 Å². The molecule has 1 amide bonds. The molecule has 3 heterocycles. The first kappa shape index (κ1) is 17.4. The van der Waals surface area contributed by atoms with E-state index < -0.39 is 5.54 Å². The maximum absolute atomic E-state index is 13.1. The fraction of sp³-hybridized carbons (Fsp3) is 0.286. The van der Waals surface area contributed by atoms with Crippen LogP contribution in [0.2, 0.25) is 0 Å². The van der Waals surface area contributed by atoms with Gasteiger partial charge in [0.1, 0.15) is 5.54 Å². The number of nitrogens with one attached hydrogen (secondary N) is 2. The van der Waals surface area contributed by atoms with E-state index >= 15 is 0 Å². The molecule has 0 unspecified atom stereocenters. The first-order valence-corrected chi connectivity index (χ1v) is 9.26. The summed E-state index contributed by atoms with van der Waals surface area (Å²) in [7, 11) is 0. The molecule has 0 spiro atoms. The number of benzene rings is 1. The summed E-state index contributed by atoms with van der Waals surface area (Å²) in [5.74, 6) is 0.0333. The molecule has 0 bridgehead atoms. The van der Waals surface area contributed by atoms with Crippen LogP contribution < -0.4 is 10.6 Å². The van der Waals surface area contributed by atoms with Gasteiger partial charge in [-0.2, -0.15) is 5.10 Å². The lowest BCUT2D eigenvalue weighted by Crippen LogP contribution is -2.54. The first-order valence-electron chi connectivity index (χ1n) is 9.26. The van der Waals surface area contributed by atoms with Gasteiger partial charge in [-0.25, -0.2) is 0 Å². The molecule has 0 aliphatic carbocycles. The molecule has 1 aromatic carbocycles. The zero-order chi connectivity index (χ0) is 18.5. The zero-order valence-corrected chi connectivity index (χ0v) is 15.1. The Morgan fingerprint density at radius 3 is 2.41 bits per heavy atom. The topological polar surface area (TPSA) is 71.8 Å². The smallest absolute Gasteiger partial charge is 0.248 e. The quantitative estimate of drug-likeness (QED) is 0.732. The van der Waals surface area contributed by atoms with Crippen LogP contribution in [0.1, 0.15) is 18.4 Å². The predicted molar refractivity (Wildman–Crippen MR) is 104 cm³/mol. The molecular formula is C21H23N5O. The van der Waals surface area contributed by atoms with E-state index in [2.05, 4.69) is 45.0 Å². The number of amides is 1. The van der Waals surface area contributed by atoms with Crippen LogP contribution >= 0.6 is 0 Å². The van der Waals surface area contributed by atoms with Gasteiger partial charge in [0.25, 0.3) is 0 Å². The molecule has 6 nitrogen and oxygen atoms in total. The Morgan fingerprint density at radius 2 is 1.74 bits per heavy atom. The van der Waals surface area contributed by atoms with Crippen molar-refractivity contribution >= 4 is 5.91 Å². The maximum Gasteiger partial charge on any atom is 0.248 e. The van der Waals surface area contributed by atoms with E-state index in [9.17, 15) is 4.79 Å². The van der Waals surface area contributed by atoms with Crippen LogP contribution in [-0.2, 0) is 16.9 Å². The Balaban J connectivity index is 1.45. The Hall–Kier alpha value is -2.99. The molecule has 6 heteroatoms. The molecule has 0 saturated carbocycles. The highest BCUT2D eigenvalue weighted by molar-refractivity contribution is 5.84. The van der Waals surface area contributed by atoms with E-state index in [-0.39, 0.29) is 5.91 Å². The molecule has 1 aliphatic heterocycles. The molecule has 1 aliphatic rings. The van der Waals surface area contributed by atoms with Gasteiger partial charge in [-0.05, 0) is 60.8 Å². The zero-order valence-electron chi connectivity index (χ0n) is 15.1. The SMILES string of the molecule is O=C(NCc1ccc(-c2ccncc2)cc1)C1(n2cccn2)CCNCC1. The Morgan fingerprint density at radius 1 is 1.04 bits per heavy atom. The lowest BCUT2D eigenvalue weighted by atomic mass is 9.87. The van der Waals surface area contributed by atoms with Crippen LogP contribution in [0.5, 0.6) is 0 Å². The minimum absolute atomic E-state index is 0.0333.